The molecule has 3 aromatic rings. The van der Waals surface area contributed by atoms with E-state index in [1.165, 1.54) is 10.7 Å². The van der Waals surface area contributed by atoms with E-state index in [9.17, 15) is 9.59 Å². The molecule has 8 nitrogen and oxygen atoms in total. The zero-order valence-electron chi connectivity index (χ0n) is 16.0. The fourth-order valence-corrected chi connectivity index (χ4v) is 2.82. The average Bonchev–Trinajstić information content (AvgIpc) is 2.65. The van der Waals surface area contributed by atoms with Crippen LogP contribution in [0.15, 0.2) is 46.1 Å². The largest absolute Gasteiger partial charge is 0.344 e. The lowest BCUT2D eigenvalue weighted by Gasteiger charge is -2.21. The number of nitrogens with zero attached hydrogens (tertiary/aromatic N) is 5. The van der Waals surface area contributed by atoms with Gasteiger partial charge in [-0.15, -0.1) is 0 Å². The van der Waals surface area contributed by atoms with Crippen molar-refractivity contribution >= 4 is 16.7 Å². The summed E-state index contributed by atoms with van der Waals surface area (Å²) in [5, 5.41) is 5.65. The third-order valence-corrected chi connectivity index (χ3v) is 4.51. The summed E-state index contributed by atoms with van der Waals surface area (Å²) in [6.07, 6.45) is 1.66. The number of aromatic amines is 1. The number of hydrogen-bond acceptors (Lipinski definition) is 6. The van der Waals surface area contributed by atoms with Gasteiger partial charge in [0.05, 0.1) is 23.3 Å². The van der Waals surface area contributed by atoms with E-state index < -0.39 is 6.04 Å². The number of aromatic nitrogens is 4. The quantitative estimate of drug-likeness (QED) is 0.701. The fourth-order valence-electron chi connectivity index (χ4n) is 2.82. The highest BCUT2D eigenvalue weighted by atomic mass is 16.1. The van der Waals surface area contributed by atoms with Crippen molar-refractivity contribution in [2.75, 3.05) is 39.1 Å². The van der Waals surface area contributed by atoms with E-state index in [1.54, 1.807) is 12.3 Å². The Labute approximate surface area is 157 Å². The van der Waals surface area contributed by atoms with Gasteiger partial charge in [-0.05, 0) is 27.1 Å². The number of anilines is 1. The summed E-state index contributed by atoms with van der Waals surface area (Å²) in [7, 11) is 5.84. The third kappa shape index (κ3) is 4.06. The molecule has 142 valence electrons. The van der Waals surface area contributed by atoms with Crippen LogP contribution in [0.5, 0.6) is 0 Å². The third-order valence-electron chi connectivity index (χ3n) is 4.51. The maximum atomic E-state index is 12.8. The van der Waals surface area contributed by atoms with Crippen LogP contribution in [0.4, 0.5) is 5.95 Å². The summed E-state index contributed by atoms with van der Waals surface area (Å²) >= 11 is 0. The number of hydrogen-bond donors (Lipinski definition) is 1. The zero-order chi connectivity index (χ0) is 19.6. The van der Waals surface area contributed by atoms with E-state index in [0.29, 0.717) is 23.6 Å². The number of rotatable bonds is 6. The van der Waals surface area contributed by atoms with Gasteiger partial charge < -0.3 is 9.80 Å². The van der Waals surface area contributed by atoms with Crippen molar-refractivity contribution in [2.45, 2.75) is 13.0 Å². The van der Waals surface area contributed by atoms with Gasteiger partial charge in [0.15, 0.2) is 0 Å². The summed E-state index contributed by atoms with van der Waals surface area (Å²) < 4.78 is 1.37. The molecular formula is C19H24N6O2. The van der Waals surface area contributed by atoms with Gasteiger partial charge >= 0.3 is 0 Å². The highest BCUT2D eigenvalue weighted by Crippen LogP contribution is 2.15. The van der Waals surface area contributed by atoms with Crippen LogP contribution in [0.2, 0.25) is 0 Å². The molecule has 1 atom stereocenters. The summed E-state index contributed by atoms with van der Waals surface area (Å²) in [4.78, 5) is 36.2. The molecule has 0 amide bonds. The van der Waals surface area contributed by atoms with Crippen LogP contribution in [0.1, 0.15) is 18.7 Å². The van der Waals surface area contributed by atoms with E-state index in [1.807, 2.05) is 51.2 Å². The van der Waals surface area contributed by atoms with Crippen LogP contribution in [0.25, 0.3) is 10.8 Å². The average molecular weight is 368 g/mol. The molecule has 8 heteroatoms. The van der Waals surface area contributed by atoms with Crippen LogP contribution in [0, 0.1) is 0 Å². The molecule has 27 heavy (non-hydrogen) atoms. The molecule has 0 saturated heterocycles. The van der Waals surface area contributed by atoms with Gasteiger partial charge in [-0.1, -0.05) is 18.2 Å². The van der Waals surface area contributed by atoms with E-state index >= 15 is 0 Å². The molecular weight excluding hydrogens is 344 g/mol. The van der Waals surface area contributed by atoms with E-state index in [-0.39, 0.29) is 11.1 Å². The van der Waals surface area contributed by atoms with Crippen molar-refractivity contribution in [1.82, 2.24) is 24.6 Å². The van der Waals surface area contributed by atoms with Crippen LogP contribution in [0.3, 0.4) is 0 Å². The Morgan fingerprint density at radius 2 is 1.89 bits per heavy atom. The molecule has 0 spiro atoms. The normalized spacial score (nSPS) is 12.5. The first kappa shape index (κ1) is 18.8. The number of H-pyrrole nitrogens is 1. The van der Waals surface area contributed by atoms with Gasteiger partial charge in [-0.2, -0.15) is 5.10 Å². The number of likely N-dealkylation sites (N-methyl/N-ethyl adjacent to an activating group) is 2. The highest BCUT2D eigenvalue weighted by Gasteiger charge is 2.16. The van der Waals surface area contributed by atoms with Gasteiger partial charge in [0.1, 0.15) is 0 Å². The Morgan fingerprint density at radius 1 is 1.15 bits per heavy atom. The molecule has 0 saturated carbocycles. The molecule has 0 radical (unpaired) electrons. The minimum Gasteiger partial charge on any atom is -0.344 e. The van der Waals surface area contributed by atoms with E-state index in [0.717, 1.165) is 11.9 Å². The van der Waals surface area contributed by atoms with Crippen molar-refractivity contribution < 1.29 is 0 Å². The Morgan fingerprint density at radius 3 is 2.63 bits per heavy atom. The lowest BCUT2D eigenvalue weighted by Crippen LogP contribution is -2.32. The molecule has 0 fully saturated rings. The van der Waals surface area contributed by atoms with Gasteiger partial charge in [0.25, 0.3) is 11.1 Å². The molecule has 0 bridgehead atoms. The van der Waals surface area contributed by atoms with Crippen LogP contribution >= 0.6 is 0 Å². The Bertz CT molecular complexity index is 1060. The lowest BCUT2D eigenvalue weighted by molar-refractivity contribution is 0.415. The minimum absolute atomic E-state index is 0.204. The zero-order valence-corrected chi connectivity index (χ0v) is 16.0. The van der Waals surface area contributed by atoms with Gasteiger partial charge in [-0.25, -0.2) is 9.67 Å². The molecule has 0 aliphatic heterocycles. The maximum Gasteiger partial charge on any atom is 0.275 e. The van der Waals surface area contributed by atoms with Gasteiger partial charge in [0.2, 0.25) is 5.95 Å². The summed E-state index contributed by atoms with van der Waals surface area (Å²) in [6.45, 7) is 3.35. The topological polar surface area (TPSA) is 87.1 Å². The minimum atomic E-state index is -0.467. The SMILES string of the molecule is C[C@H](c1cc(=O)[nH]c(N(C)CCN(C)C)n1)n1ncc2ccccc2c1=O. The maximum absolute atomic E-state index is 12.8. The fraction of sp³-hybridized carbons (Fsp3) is 0.368. The number of nitrogens with one attached hydrogen (secondary N) is 1. The Kier molecular flexibility index (Phi) is 5.36. The number of benzene rings is 1. The Balaban J connectivity index is 1.98. The summed E-state index contributed by atoms with van der Waals surface area (Å²) in [6, 6.07) is 8.26. The predicted molar refractivity (Wildman–Crippen MR) is 106 cm³/mol. The second kappa shape index (κ2) is 7.71. The first-order valence-electron chi connectivity index (χ1n) is 8.80. The molecule has 1 aromatic carbocycles. The second-order valence-corrected chi connectivity index (χ2v) is 6.88. The van der Waals surface area contributed by atoms with Crippen molar-refractivity contribution in [3.63, 3.8) is 0 Å². The predicted octanol–water partition coefficient (Wildman–Crippen LogP) is 1.09. The summed E-state index contributed by atoms with van der Waals surface area (Å²) in [5.41, 5.74) is 0.0351. The van der Waals surface area contributed by atoms with Crippen LogP contribution in [-0.4, -0.2) is 58.9 Å². The molecule has 0 aliphatic rings. The molecule has 3 rings (SSSR count). The Hall–Kier alpha value is -3.00. The van der Waals surface area contributed by atoms with Gasteiger partial charge in [0, 0.05) is 31.6 Å². The van der Waals surface area contributed by atoms with E-state index in [4.69, 9.17) is 0 Å². The highest BCUT2D eigenvalue weighted by molar-refractivity contribution is 5.80. The second-order valence-electron chi connectivity index (χ2n) is 6.88. The van der Waals surface area contributed by atoms with Crippen molar-refractivity contribution in [1.29, 1.82) is 0 Å². The van der Waals surface area contributed by atoms with Crippen molar-refractivity contribution in [2.24, 2.45) is 0 Å². The molecule has 2 heterocycles. The standard InChI is InChI=1S/C19H24N6O2/c1-13(25-18(27)15-8-6-5-7-14(15)12-20-25)16-11-17(26)22-19(21-16)24(4)10-9-23(2)3/h5-8,11-13H,9-10H2,1-4H3,(H,21,22,26)/t13-/m1/s1. The summed E-state index contributed by atoms with van der Waals surface area (Å²) in [5.74, 6) is 0.472. The first-order valence-corrected chi connectivity index (χ1v) is 8.80. The van der Waals surface area contributed by atoms with E-state index in [2.05, 4.69) is 20.0 Å². The lowest BCUT2D eigenvalue weighted by atomic mass is 10.2. The first-order chi connectivity index (χ1) is 12.9. The number of fused-ring (bicyclic) bond motifs is 1. The van der Waals surface area contributed by atoms with Crippen LogP contribution in [-0.2, 0) is 0 Å². The molecule has 0 aliphatic carbocycles. The van der Waals surface area contributed by atoms with Crippen LogP contribution < -0.4 is 16.0 Å². The van der Waals surface area contributed by atoms with Crippen molar-refractivity contribution in [3.8, 4) is 0 Å². The smallest absolute Gasteiger partial charge is 0.275 e. The van der Waals surface area contributed by atoms with Gasteiger partial charge in [-0.3, -0.25) is 14.6 Å². The monoisotopic (exact) mass is 368 g/mol. The molecule has 2 aromatic heterocycles. The molecule has 1 N–H and O–H groups in total. The molecule has 0 unspecified atom stereocenters. The van der Waals surface area contributed by atoms with Crippen molar-refractivity contribution in [3.05, 3.63) is 62.9 Å².